The van der Waals surface area contributed by atoms with Crippen molar-refractivity contribution in [1.29, 1.82) is 0 Å². The maximum absolute atomic E-state index is 13.7. The Morgan fingerprint density at radius 2 is 1.61 bits per heavy atom. The number of rotatable bonds is 11. The third-order valence-corrected chi connectivity index (χ3v) is 3.28. The van der Waals surface area contributed by atoms with Gasteiger partial charge < -0.3 is 5.11 Å². The molecule has 0 spiro atoms. The van der Waals surface area contributed by atoms with Crippen molar-refractivity contribution < 1.29 is 13.9 Å². The summed E-state index contributed by atoms with van der Waals surface area (Å²) in [6, 6.07) is 0. The molecule has 0 aromatic carbocycles. The van der Waals surface area contributed by atoms with Crippen LogP contribution in [0.25, 0.3) is 0 Å². The van der Waals surface area contributed by atoms with Gasteiger partial charge in [0.15, 0.2) is 0 Å². The zero-order valence-corrected chi connectivity index (χ0v) is 11.9. The molecular formula is C15H28F2O. The van der Waals surface area contributed by atoms with Crippen LogP contribution < -0.4 is 0 Å². The van der Waals surface area contributed by atoms with Crippen molar-refractivity contribution in [3.05, 3.63) is 12.2 Å². The normalized spacial score (nSPS) is 13.6. The molecular weight excluding hydrogens is 234 g/mol. The van der Waals surface area contributed by atoms with Gasteiger partial charge in [-0.2, -0.15) is 8.78 Å². The minimum atomic E-state index is -3.13. The lowest BCUT2D eigenvalue weighted by molar-refractivity contribution is -0.0834. The van der Waals surface area contributed by atoms with Gasteiger partial charge in [-0.1, -0.05) is 59.0 Å². The first-order chi connectivity index (χ1) is 8.46. The molecule has 0 aliphatic rings. The van der Waals surface area contributed by atoms with Crippen LogP contribution in [0.1, 0.15) is 71.6 Å². The number of aliphatic hydroxyl groups is 1. The second kappa shape index (κ2) is 9.48. The molecule has 0 bridgehead atoms. The molecule has 0 saturated heterocycles. The third-order valence-electron chi connectivity index (χ3n) is 3.28. The molecule has 0 heterocycles. The first kappa shape index (κ1) is 17.6. The highest BCUT2D eigenvalue weighted by molar-refractivity contribution is 5.10. The van der Waals surface area contributed by atoms with Gasteiger partial charge in [-0.05, 0) is 24.8 Å². The van der Waals surface area contributed by atoms with Crippen LogP contribution in [0, 0.1) is 0 Å². The molecule has 1 atom stereocenters. The Labute approximate surface area is 110 Å². The van der Waals surface area contributed by atoms with Crippen LogP contribution in [0.5, 0.6) is 0 Å². The molecule has 1 nitrogen and oxygen atoms in total. The maximum Gasteiger partial charge on any atom is 0.294 e. The molecule has 1 unspecified atom stereocenters. The van der Waals surface area contributed by atoms with E-state index < -0.39 is 12.0 Å². The Morgan fingerprint density at radius 1 is 1.06 bits per heavy atom. The van der Waals surface area contributed by atoms with E-state index in [2.05, 4.69) is 13.5 Å². The Kier molecular flexibility index (Phi) is 9.25. The van der Waals surface area contributed by atoms with Gasteiger partial charge in [-0.15, -0.1) is 0 Å². The minimum absolute atomic E-state index is 0.112. The van der Waals surface area contributed by atoms with Gasteiger partial charge in [-0.25, -0.2) is 0 Å². The van der Waals surface area contributed by atoms with E-state index >= 15 is 0 Å². The number of unbranched alkanes of at least 4 members (excludes halogenated alkanes) is 5. The molecule has 0 aromatic rings. The Hall–Kier alpha value is -0.440. The van der Waals surface area contributed by atoms with Crippen molar-refractivity contribution in [2.75, 3.05) is 0 Å². The highest BCUT2D eigenvalue weighted by Crippen LogP contribution is 2.32. The zero-order valence-electron chi connectivity index (χ0n) is 11.9. The van der Waals surface area contributed by atoms with Gasteiger partial charge in [0, 0.05) is 0 Å². The van der Waals surface area contributed by atoms with Gasteiger partial charge in [-0.3, -0.25) is 0 Å². The van der Waals surface area contributed by atoms with Crippen molar-refractivity contribution in [1.82, 2.24) is 0 Å². The fraction of sp³-hybridized carbons (Fsp3) is 0.867. The van der Waals surface area contributed by atoms with E-state index in [-0.39, 0.29) is 12.0 Å². The summed E-state index contributed by atoms with van der Waals surface area (Å²) in [5, 5.41) is 9.41. The first-order valence-corrected chi connectivity index (χ1v) is 7.20. The number of aliphatic hydroxyl groups excluding tert-OH is 1. The van der Waals surface area contributed by atoms with Crippen LogP contribution >= 0.6 is 0 Å². The van der Waals surface area contributed by atoms with Crippen LogP contribution in [0.3, 0.4) is 0 Å². The quantitative estimate of drug-likeness (QED) is 0.406. The molecule has 3 heteroatoms. The summed E-state index contributed by atoms with van der Waals surface area (Å²) in [6.07, 6.45) is 5.83. The summed E-state index contributed by atoms with van der Waals surface area (Å²) < 4.78 is 27.4. The van der Waals surface area contributed by atoms with E-state index in [9.17, 15) is 13.9 Å². The predicted octanol–water partition coefficient (Wildman–Crippen LogP) is 5.09. The molecule has 0 saturated carbocycles. The van der Waals surface area contributed by atoms with Gasteiger partial charge in [0.05, 0.1) is 0 Å². The van der Waals surface area contributed by atoms with Crippen LogP contribution in [0.4, 0.5) is 8.78 Å². The lowest BCUT2D eigenvalue weighted by Gasteiger charge is -2.24. The van der Waals surface area contributed by atoms with E-state index in [1.807, 2.05) is 0 Å². The smallest absolute Gasteiger partial charge is 0.294 e. The second-order valence-electron chi connectivity index (χ2n) is 5.05. The summed E-state index contributed by atoms with van der Waals surface area (Å²) >= 11 is 0. The largest absolute Gasteiger partial charge is 0.386 e. The minimum Gasteiger partial charge on any atom is -0.386 e. The molecule has 0 radical (unpaired) electrons. The summed E-state index contributed by atoms with van der Waals surface area (Å²) in [7, 11) is 0. The van der Waals surface area contributed by atoms with Crippen molar-refractivity contribution >= 4 is 0 Å². The Morgan fingerprint density at radius 3 is 2.17 bits per heavy atom. The topological polar surface area (TPSA) is 20.2 Å². The molecule has 18 heavy (non-hydrogen) atoms. The van der Waals surface area contributed by atoms with Gasteiger partial charge in [0.1, 0.15) is 6.10 Å². The van der Waals surface area contributed by atoms with Crippen LogP contribution in [-0.2, 0) is 0 Å². The molecule has 0 rings (SSSR count). The molecule has 108 valence electrons. The highest BCUT2D eigenvalue weighted by atomic mass is 19.3. The number of halogens is 2. The average molecular weight is 262 g/mol. The van der Waals surface area contributed by atoms with Gasteiger partial charge >= 0.3 is 0 Å². The SMILES string of the molecule is C=C(CCCCCCCC)C(F)(F)C(O)CCC. The number of hydrogen-bond acceptors (Lipinski definition) is 1. The molecule has 0 amide bonds. The number of hydrogen-bond donors (Lipinski definition) is 1. The summed E-state index contributed by atoms with van der Waals surface area (Å²) in [4.78, 5) is 0. The van der Waals surface area contributed by atoms with E-state index in [1.54, 1.807) is 6.92 Å². The van der Waals surface area contributed by atoms with E-state index in [1.165, 1.54) is 19.3 Å². The summed E-state index contributed by atoms with van der Waals surface area (Å²) in [5.41, 5.74) is -0.112. The lowest BCUT2D eigenvalue weighted by atomic mass is 9.96. The molecule has 0 fully saturated rings. The molecule has 0 aliphatic carbocycles. The summed E-state index contributed by atoms with van der Waals surface area (Å²) in [5.74, 6) is -3.13. The van der Waals surface area contributed by atoms with Gasteiger partial charge in [0.25, 0.3) is 5.92 Å². The van der Waals surface area contributed by atoms with Crippen molar-refractivity contribution in [2.45, 2.75) is 83.7 Å². The van der Waals surface area contributed by atoms with Crippen LogP contribution in [0.2, 0.25) is 0 Å². The predicted molar refractivity (Wildman–Crippen MR) is 73.0 cm³/mol. The Balaban J connectivity index is 3.86. The third kappa shape index (κ3) is 6.48. The molecule has 1 N–H and O–H groups in total. The highest BCUT2D eigenvalue weighted by Gasteiger charge is 2.39. The van der Waals surface area contributed by atoms with E-state index in [0.29, 0.717) is 12.8 Å². The molecule has 0 aliphatic heterocycles. The zero-order chi connectivity index (χ0) is 14.0. The van der Waals surface area contributed by atoms with Crippen molar-refractivity contribution in [3.8, 4) is 0 Å². The van der Waals surface area contributed by atoms with E-state index in [0.717, 1.165) is 19.3 Å². The monoisotopic (exact) mass is 262 g/mol. The fourth-order valence-electron chi connectivity index (χ4n) is 1.98. The summed E-state index contributed by atoms with van der Waals surface area (Å²) in [6.45, 7) is 7.39. The number of alkyl halides is 2. The van der Waals surface area contributed by atoms with Gasteiger partial charge in [0.2, 0.25) is 0 Å². The average Bonchev–Trinajstić information content (AvgIpc) is 2.33. The lowest BCUT2D eigenvalue weighted by Crippen LogP contribution is -2.35. The van der Waals surface area contributed by atoms with Crippen molar-refractivity contribution in [3.63, 3.8) is 0 Å². The maximum atomic E-state index is 13.7. The van der Waals surface area contributed by atoms with Crippen LogP contribution in [0.15, 0.2) is 12.2 Å². The first-order valence-electron chi connectivity index (χ1n) is 7.20. The second-order valence-corrected chi connectivity index (χ2v) is 5.05. The molecule has 0 aromatic heterocycles. The van der Waals surface area contributed by atoms with E-state index in [4.69, 9.17) is 0 Å². The standard InChI is InChI=1S/C15H28F2O/c1-4-6-7-8-9-10-12-13(3)15(16,17)14(18)11-5-2/h14,18H,3-12H2,1-2H3. The van der Waals surface area contributed by atoms with Crippen LogP contribution in [-0.4, -0.2) is 17.1 Å². The Bertz CT molecular complexity index is 227. The van der Waals surface area contributed by atoms with Crippen molar-refractivity contribution in [2.24, 2.45) is 0 Å². The fourth-order valence-corrected chi connectivity index (χ4v) is 1.98.